The summed E-state index contributed by atoms with van der Waals surface area (Å²) in [6, 6.07) is 0.659. The summed E-state index contributed by atoms with van der Waals surface area (Å²) in [7, 11) is 2.08. The van der Waals surface area contributed by atoms with Gasteiger partial charge in [-0.25, -0.2) is 4.79 Å². The van der Waals surface area contributed by atoms with Crippen molar-refractivity contribution in [1.82, 2.24) is 4.90 Å². The van der Waals surface area contributed by atoms with Crippen molar-refractivity contribution in [1.29, 1.82) is 0 Å². The molecule has 1 rings (SSSR count). The van der Waals surface area contributed by atoms with E-state index in [1.165, 1.54) is 31.8 Å². The standard InChI is InChI=1S/C11H19NO2/c1-9(7-11(13)14)8-12(2)10-5-3-4-6-10/h7,10H,3-6,8H2,1-2H3,(H,13,14). The lowest BCUT2D eigenvalue weighted by molar-refractivity contribution is -0.131. The van der Waals surface area contributed by atoms with Crippen LogP contribution in [0.3, 0.4) is 0 Å². The molecule has 0 aromatic carbocycles. The van der Waals surface area contributed by atoms with Gasteiger partial charge in [0.2, 0.25) is 0 Å². The third-order valence-electron chi connectivity index (χ3n) is 2.82. The van der Waals surface area contributed by atoms with E-state index in [-0.39, 0.29) is 0 Å². The molecule has 0 bridgehead atoms. The first kappa shape index (κ1) is 11.2. The first-order chi connectivity index (χ1) is 6.59. The van der Waals surface area contributed by atoms with Gasteiger partial charge in [-0.15, -0.1) is 0 Å². The lowest BCUT2D eigenvalue weighted by atomic mass is 10.2. The first-order valence-corrected chi connectivity index (χ1v) is 5.20. The quantitative estimate of drug-likeness (QED) is 0.700. The molecule has 1 aliphatic carbocycles. The van der Waals surface area contributed by atoms with Gasteiger partial charge in [0.15, 0.2) is 0 Å². The molecule has 0 unspecified atom stereocenters. The van der Waals surface area contributed by atoms with Crippen molar-refractivity contribution >= 4 is 5.97 Å². The van der Waals surface area contributed by atoms with Crippen molar-refractivity contribution in [2.45, 2.75) is 38.6 Å². The fourth-order valence-electron chi connectivity index (χ4n) is 2.12. The normalized spacial score (nSPS) is 19.2. The van der Waals surface area contributed by atoms with Gasteiger partial charge >= 0.3 is 5.97 Å². The minimum Gasteiger partial charge on any atom is -0.478 e. The molecule has 14 heavy (non-hydrogen) atoms. The fraction of sp³-hybridized carbons (Fsp3) is 0.727. The third-order valence-corrected chi connectivity index (χ3v) is 2.82. The zero-order valence-corrected chi connectivity index (χ0v) is 8.99. The van der Waals surface area contributed by atoms with E-state index in [0.717, 1.165) is 12.1 Å². The Balaban J connectivity index is 2.39. The number of rotatable bonds is 4. The summed E-state index contributed by atoms with van der Waals surface area (Å²) in [5.74, 6) is -0.845. The SMILES string of the molecule is CC(=CC(=O)O)CN(C)C1CCCC1. The van der Waals surface area contributed by atoms with E-state index in [2.05, 4.69) is 11.9 Å². The molecule has 0 atom stereocenters. The summed E-state index contributed by atoms with van der Waals surface area (Å²) >= 11 is 0. The van der Waals surface area contributed by atoms with Crippen LogP contribution >= 0.6 is 0 Å². The Morgan fingerprint density at radius 1 is 1.50 bits per heavy atom. The highest BCUT2D eigenvalue weighted by Gasteiger charge is 2.19. The van der Waals surface area contributed by atoms with E-state index >= 15 is 0 Å². The van der Waals surface area contributed by atoms with E-state index in [1.807, 2.05) is 6.92 Å². The van der Waals surface area contributed by atoms with Gasteiger partial charge in [0.25, 0.3) is 0 Å². The molecule has 0 amide bonds. The number of aliphatic carboxylic acids is 1. The Labute approximate surface area is 85.4 Å². The second kappa shape index (κ2) is 5.15. The molecule has 0 aromatic heterocycles. The molecular weight excluding hydrogens is 178 g/mol. The van der Waals surface area contributed by atoms with Gasteiger partial charge in [-0.2, -0.15) is 0 Å². The Hall–Kier alpha value is -0.830. The van der Waals surface area contributed by atoms with E-state index in [0.29, 0.717) is 6.04 Å². The topological polar surface area (TPSA) is 40.5 Å². The van der Waals surface area contributed by atoms with E-state index < -0.39 is 5.97 Å². The summed E-state index contributed by atoms with van der Waals surface area (Å²) in [4.78, 5) is 12.7. The lowest BCUT2D eigenvalue weighted by Gasteiger charge is -2.23. The van der Waals surface area contributed by atoms with Gasteiger partial charge < -0.3 is 5.11 Å². The van der Waals surface area contributed by atoms with Crippen molar-refractivity contribution in [3.63, 3.8) is 0 Å². The van der Waals surface area contributed by atoms with Crippen LogP contribution in [0, 0.1) is 0 Å². The maximum Gasteiger partial charge on any atom is 0.328 e. The van der Waals surface area contributed by atoms with Crippen LogP contribution in [0.25, 0.3) is 0 Å². The second-order valence-corrected chi connectivity index (χ2v) is 4.18. The average Bonchev–Trinajstić information content (AvgIpc) is 2.53. The Bertz CT molecular complexity index is 229. The van der Waals surface area contributed by atoms with Gasteiger partial charge in [0.05, 0.1) is 0 Å². The summed E-state index contributed by atoms with van der Waals surface area (Å²) in [5.41, 5.74) is 0.923. The highest BCUT2D eigenvalue weighted by Crippen LogP contribution is 2.22. The number of carbonyl (C=O) groups is 1. The van der Waals surface area contributed by atoms with Crippen LogP contribution < -0.4 is 0 Å². The van der Waals surface area contributed by atoms with Crippen molar-refractivity contribution < 1.29 is 9.90 Å². The summed E-state index contributed by atoms with van der Waals surface area (Å²) in [5, 5.41) is 8.57. The highest BCUT2D eigenvalue weighted by atomic mass is 16.4. The van der Waals surface area contributed by atoms with Crippen LogP contribution in [0.4, 0.5) is 0 Å². The molecule has 0 aliphatic heterocycles. The minimum absolute atomic E-state index is 0.659. The van der Waals surface area contributed by atoms with E-state index in [4.69, 9.17) is 5.11 Å². The first-order valence-electron chi connectivity index (χ1n) is 5.20. The predicted molar refractivity (Wildman–Crippen MR) is 56.3 cm³/mol. The zero-order chi connectivity index (χ0) is 10.6. The molecule has 0 aromatic rings. The molecule has 0 saturated heterocycles. The maximum atomic E-state index is 10.4. The Morgan fingerprint density at radius 3 is 2.57 bits per heavy atom. The van der Waals surface area contributed by atoms with Crippen molar-refractivity contribution in [2.24, 2.45) is 0 Å². The van der Waals surface area contributed by atoms with Crippen LogP contribution in [0.15, 0.2) is 11.6 Å². The molecule has 1 N–H and O–H groups in total. The van der Waals surface area contributed by atoms with E-state index in [1.54, 1.807) is 0 Å². The monoisotopic (exact) mass is 197 g/mol. The Kier molecular flexibility index (Phi) is 4.14. The highest BCUT2D eigenvalue weighted by molar-refractivity contribution is 5.80. The molecule has 1 saturated carbocycles. The van der Waals surface area contributed by atoms with Crippen molar-refractivity contribution in [3.8, 4) is 0 Å². The predicted octanol–water partition coefficient (Wildman–Crippen LogP) is 1.89. The van der Waals surface area contributed by atoms with Crippen molar-refractivity contribution in [3.05, 3.63) is 11.6 Å². The summed E-state index contributed by atoms with van der Waals surface area (Å²) in [6.45, 7) is 2.65. The average molecular weight is 197 g/mol. The van der Waals surface area contributed by atoms with Gasteiger partial charge in [-0.05, 0) is 26.8 Å². The molecule has 3 heteroatoms. The molecule has 80 valence electrons. The molecule has 0 spiro atoms. The number of hydrogen-bond donors (Lipinski definition) is 1. The largest absolute Gasteiger partial charge is 0.478 e. The second-order valence-electron chi connectivity index (χ2n) is 4.18. The lowest BCUT2D eigenvalue weighted by Crippen LogP contribution is -2.30. The smallest absolute Gasteiger partial charge is 0.328 e. The summed E-state index contributed by atoms with van der Waals surface area (Å²) in [6.07, 6.45) is 6.45. The fourth-order valence-corrected chi connectivity index (χ4v) is 2.12. The number of likely N-dealkylation sites (N-methyl/N-ethyl adjacent to an activating group) is 1. The minimum atomic E-state index is -0.845. The number of hydrogen-bond acceptors (Lipinski definition) is 2. The van der Waals surface area contributed by atoms with Crippen LogP contribution in [-0.4, -0.2) is 35.6 Å². The molecule has 3 nitrogen and oxygen atoms in total. The number of carboxylic acid groups (broad SMARTS) is 1. The summed E-state index contributed by atoms with van der Waals surface area (Å²) < 4.78 is 0. The molecule has 0 heterocycles. The van der Waals surface area contributed by atoms with Crippen LogP contribution in [0.5, 0.6) is 0 Å². The van der Waals surface area contributed by atoms with Gasteiger partial charge in [0, 0.05) is 18.7 Å². The van der Waals surface area contributed by atoms with E-state index in [9.17, 15) is 4.79 Å². The zero-order valence-electron chi connectivity index (χ0n) is 8.99. The van der Waals surface area contributed by atoms with Gasteiger partial charge in [0.1, 0.15) is 0 Å². The maximum absolute atomic E-state index is 10.4. The van der Waals surface area contributed by atoms with Crippen LogP contribution in [0.1, 0.15) is 32.6 Å². The van der Waals surface area contributed by atoms with Crippen LogP contribution in [0.2, 0.25) is 0 Å². The van der Waals surface area contributed by atoms with Crippen molar-refractivity contribution in [2.75, 3.05) is 13.6 Å². The molecular formula is C11H19NO2. The van der Waals surface area contributed by atoms with Gasteiger partial charge in [-0.1, -0.05) is 18.4 Å². The van der Waals surface area contributed by atoms with Gasteiger partial charge in [-0.3, -0.25) is 4.90 Å². The number of nitrogens with zero attached hydrogens (tertiary/aromatic N) is 1. The Morgan fingerprint density at radius 2 is 2.07 bits per heavy atom. The third kappa shape index (κ3) is 3.50. The van der Waals surface area contributed by atoms with Crippen LogP contribution in [-0.2, 0) is 4.79 Å². The molecule has 1 fully saturated rings. The molecule has 1 aliphatic rings. The molecule has 0 radical (unpaired) electrons. The number of carboxylic acids is 1.